The zero-order valence-corrected chi connectivity index (χ0v) is 14.5. The molecule has 4 N–H and O–H groups in total. The SMILES string of the molecule is COCCOC1CN(c2ccc3c(n2)CC[C@H](N)C3)CC1NC(=O)O. The van der Waals surface area contributed by atoms with E-state index in [0.717, 1.165) is 30.8 Å². The standard InChI is InChI=1S/C17H26N4O4/c1-24-6-7-25-15-10-21(9-14(15)20-17(22)23)16-5-2-11-8-12(18)3-4-13(11)19-16/h2,5,12,14-15,20H,3-4,6-10,18H2,1H3,(H,22,23)/t12-,14?,15?/m0/s1. The lowest BCUT2D eigenvalue weighted by Gasteiger charge is -2.24. The number of carbonyl (C=O) groups is 1. The predicted molar refractivity (Wildman–Crippen MR) is 93.0 cm³/mol. The second kappa shape index (κ2) is 7.99. The summed E-state index contributed by atoms with van der Waals surface area (Å²) in [5.74, 6) is 0.865. The Morgan fingerprint density at radius 1 is 1.44 bits per heavy atom. The van der Waals surface area contributed by atoms with Crippen molar-refractivity contribution in [2.75, 3.05) is 38.3 Å². The second-order valence-corrected chi connectivity index (χ2v) is 6.64. The second-order valence-electron chi connectivity index (χ2n) is 6.64. The van der Waals surface area contributed by atoms with Gasteiger partial charge in [-0.15, -0.1) is 0 Å². The minimum absolute atomic E-state index is 0.217. The number of anilines is 1. The van der Waals surface area contributed by atoms with E-state index >= 15 is 0 Å². The van der Waals surface area contributed by atoms with E-state index in [0.29, 0.717) is 26.3 Å². The third kappa shape index (κ3) is 4.39. The van der Waals surface area contributed by atoms with Crippen LogP contribution in [0.25, 0.3) is 0 Å². The van der Waals surface area contributed by atoms with Gasteiger partial charge in [0, 0.05) is 31.9 Å². The number of nitrogens with zero attached hydrogens (tertiary/aromatic N) is 2. The lowest BCUT2D eigenvalue weighted by molar-refractivity contribution is 0.0162. The normalized spacial score (nSPS) is 25.7. The summed E-state index contributed by atoms with van der Waals surface area (Å²) in [6.45, 7) is 2.05. The molecule has 3 atom stereocenters. The molecule has 0 radical (unpaired) electrons. The summed E-state index contributed by atoms with van der Waals surface area (Å²) in [6, 6.07) is 4.01. The first-order valence-electron chi connectivity index (χ1n) is 8.66. The number of aromatic nitrogens is 1. The van der Waals surface area contributed by atoms with Crippen LogP contribution < -0.4 is 16.0 Å². The molecule has 2 aliphatic rings. The van der Waals surface area contributed by atoms with E-state index in [1.807, 2.05) is 6.07 Å². The number of nitrogens with two attached hydrogens (primary N) is 1. The van der Waals surface area contributed by atoms with Crippen LogP contribution in [0.5, 0.6) is 0 Å². The van der Waals surface area contributed by atoms with Crippen LogP contribution in [0.3, 0.4) is 0 Å². The van der Waals surface area contributed by atoms with Crippen molar-refractivity contribution in [3.63, 3.8) is 0 Å². The number of hydrogen-bond acceptors (Lipinski definition) is 6. The van der Waals surface area contributed by atoms with E-state index in [2.05, 4.69) is 16.3 Å². The smallest absolute Gasteiger partial charge is 0.405 e. The van der Waals surface area contributed by atoms with Gasteiger partial charge in [0.05, 0.1) is 25.4 Å². The number of carboxylic acid groups (broad SMARTS) is 1. The fourth-order valence-corrected chi connectivity index (χ4v) is 3.51. The lowest BCUT2D eigenvalue weighted by atomic mass is 9.92. The summed E-state index contributed by atoms with van der Waals surface area (Å²) in [5, 5.41) is 11.6. The highest BCUT2D eigenvalue weighted by Crippen LogP contribution is 2.25. The monoisotopic (exact) mass is 350 g/mol. The molecule has 1 fully saturated rings. The Hall–Kier alpha value is -1.90. The van der Waals surface area contributed by atoms with Gasteiger partial charge in [-0.05, 0) is 30.9 Å². The zero-order chi connectivity index (χ0) is 17.8. The molecule has 138 valence electrons. The maximum Gasteiger partial charge on any atom is 0.405 e. The molecule has 2 unspecified atom stereocenters. The van der Waals surface area contributed by atoms with Crippen molar-refractivity contribution < 1.29 is 19.4 Å². The van der Waals surface area contributed by atoms with Crippen molar-refractivity contribution in [3.05, 3.63) is 23.4 Å². The summed E-state index contributed by atoms with van der Waals surface area (Å²) < 4.78 is 10.8. The molecule has 1 aromatic heterocycles. The van der Waals surface area contributed by atoms with Crippen LogP contribution in [-0.2, 0) is 22.3 Å². The van der Waals surface area contributed by atoms with Crippen LogP contribution in [0.15, 0.2) is 12.1 Å². The molecule has 25 heavy (non-hydrogen) atoms. The first-order chi connectivity index (χ1) is 12.1. The number of aryl methyl sites for hydroxylation is 1. The van der Waals surface area contributed by atoms with Crippen LogP contribution in [-0.4, -0.2) is 67.8 Å². The molecule has 8 nitrogen and oxygen atoms in total. The number of ether oxygens (including phenoxy) is 2. The average molecular weight is 350 g/mol. The van der Waals surface area contributed by atoms with Gasteiger partial charge in [0.1, 0.15) is 5.82 Å². The minimum atomic E-state index is -1.04. The summed E-state index contributed by atoms with van der Waals surface area (Å²) in [7, 11) is 1.61. The van der Waals surface area contributed by atoms with E-state index in [9.17, 15) is 4.79 Å². The number of rotatable bonds is 6. The van der Waals surface area contributed by atoms with E-state index < -0.39 is 6.09 Å². The average Bonchev–Trinajstić information content (AvgIpc) is 2.97. The predicted octanol–water partition coefficient (Wildman–Crippen LogP) is 0.385. The molecule has 1 amide bonds. The topological polar surface area (TPSA) is 110 Å². The third-order valence-electron chi connectivity index (χ3n) is 4.81. The molecule has 3 rings (SSSR count). The van der Waals surface area contributed by atoms with Gasteiger partial charge >= 0.3 is 6.09 Å². The highest BCUT2D eigenvalue weighted by Gasteiger charge is 2.35. The van der Waals surface area contributed by atoms with E-state index in [1.54, 1.807) is 7.11 Å². The van der Waals surface area contributed by atoms with Gasteiger partial charge in [0.25, 0.3) is 0 Å². The van der Waals surface area contributed by atoms with Gasteiger partial charge in [-0.2, -0.15) is 0 Å². The van der Waals surface area contributed by atoms with Gasteiger partial charge in [0.15, 0.2) is 0 Å². The highest BCUT2D eigenvalue weighted by molar-refractivity contribution is 5.65. The minimum Gasteiger partial charge on any atom is -0.465 e. The Kier molecular flexibility index (Phi) is 5.72. The van der Waals surface area contributed by atoms with Crippen LogP contribution in [0, 0.1) is 0 Å². The van der Waals surface area contributed by atoms with Gasteiger partial charge in [-0.25, -0.2) is 9.78 Å². The van der Waals surface area contributed by atoms with E-state index in [4.69, 9.17) is 25.3 Å². The summed E-state index contributed by atoms with van der Waals surface area (Å²) in [4.78, 5) is 17.9. The molecule has 2 heterocycles. The number of methoxy groups -OCH3 is 1. The van der Waals surface area contributed by atoms with Crippen LogP contribution >= 0.6 is 0 Å². The Morgan fingerprint density at radius 2 is 2.28 bits per heavy atom. The molecular formula is C17H26N4O4. The highest BCUT2D eigenvalue weighted by atomic mass is 16.5. The maximum atomic E-state index is 11.1. The molecular weight excluding hydrogens is 324 g/mol. The van der Waals surface area contributed by atoms with E-state index in [1.165, 1.54) is 5.56 Å². The molecule has 1 aliphatic heterocycles. The molecule has 0 saturated carbocycles. The van der Waals surface area contributed by atoms with Crippen LogP contribution in [0.4, 0.5) is 10.6 Å². The van der Waals surface area contributed by atoms with Crippen molar-refractivity contribution in [3.8, 4) is 0 Å². The summed E-state index contributed by atoms with van der Waals surface area (Å²) in [5.41, 5.74) is 8.34. The zero-order valence-electron chi connectivity index (χ0n) is 14.5. The Bertz CT molecular complexity index is 612. The Labute approximate surface area is 147 Å². The maximum absolute atomic E-state index is 11.1. The molecule has 1 aromatic rings. The van der Waals surface area contributed by atoms with Crippen molar-refractivity contribution in [1.29, 1.82) is 0 Å². The Morgan fingerprint density at radius 3 is 3.04 bits per heavy atom. The molecule has 0 aromatic carbocycles. The first kappa shape index (κ1) is 17.9. The van der Waals surface area contributed by atoms with Crippen LogP contribution in [0.1, 0.15) is 17.7 Å². The van der Waals surface area contributed by atoms with Gasteiger partial charge in [-0.1, -0.05) is 6.07 Å². The van der Waals surface area contributed by atoms with Gasteiger partial charge in [-0.3, -0.25) is 0 Å². The number of nitrogens with one attached hydrogen (secondary N) is 1. The van der Waals surface area contributed by atoms with Crippen molar-refractivity contribution in [2.24, 2.45) is 5.73 Å². The van der Waals surface area contributed by atoms with Crippen molar-refractivity contribution >= 4 is 11.9 Å². The Balaban J connectivity index is 1.70. The molecule has 1 aliphatic carbocycles. The number of pyridine rings is 1. The first-order valence-corrected chi connectivity index (χ1v) is 8.66. The summed E-state index contributed by atoms with van der Waals surface area (Å²) in [6.07, 6.45) is 1.45. The van der Waals surface area contributed by atoms with Crippen molar-refractivity contribution in [1.82, 2.24) is 10.3 Å². The number of amides is 1. The summed E-state index contributed by atoms with van der Waals surface area (Å²) >= 11 is 0. The third-order valence-corrected chi connectivity index (χ3v) is 4.81. The molecule has 8 heteroatoms. The number of hydrogen-bond donors (Lipinski definition) is 3. The molecule has 0 spiro atoms. The largest absolute Gasteiger partial charge is 0.465 e. The lowest BCUT2D eigenvalue weighted by Crippen LogP contribution is -2.43. The van der Waals surface area contributed by atoms with Gasteiger partial charge < -0.3 is 30.5 Å². The fraction of sp³-hybridized carbons (Fsp3) is 0.647. The van der Waals surface area contributed by atoms with Gasteiger partial charge in [0.2, 0.25) is 0 Å². The van der Waals surface area contributed by atoms with Crippen LogP contribution in [0.2, 0.25) is 0 Å². The quantitative estimate of drug-likeness (QED) is 0.636. The molecule has 1 saturated heterocycles. The fourth-order valence-electron chi connectivity index (χ4n) is 3.51. The number of fused-ring (bicyclic) bond motifs is 1. The van der Waals surface area contributed by atoms with Crippen molar-refractivity contribution in [2.45, 2.75) is 37.5 Å². The molecule has 0 bridgehead atoms. The van der Waals surface area contributed by atoms with E-state index in [-0.39, 0.29) is 18.2 Å².